The van der Waals surface area contributed by atoms with E-state index in [0.717, 1.165) is 0 Å². The Balaban J connectivity index is 2.22. The molecule has 5 heteroatoms. The Kier molecular flexibility index (Phi) is 5.15. The van der Waals surface area contributed by atoms with Crippen LogP contribution in [0.1, 0.15) is 11.1 Å². The van der Waals surface area contributed by atoms with E-state index >= 15 is 0 Å². The molecule has 0 aliphatic rings. The predicted molar refractivity (Wildman–Crippen MR) is 76.1 cm³/mol. The van der Waals surface area contributed by atoms with Crippen LogP contribution in [-0.4, -0.2) is 11.7 Å². The number of aliphatic hydroxyl groups excluding tert-OH is 1. The highest BCUT2D eigenvalue weighted by Gasteiger charge is 2.09. The largest absolute Gasteiger partial charge is 0.487 e. The second kappa shape index (κ2) is 7.07. The average molecular weight is 309 g/mol. The monoisotopic (exact) mass is 308 g/mol. The van der Waals surface area contributed by atoms with Crippen molar-refractivity contribution in [2.45, 2.75) is 6.61 Å². The Labute approximate surface area is 125 Å². The Hall–Kier alpha value is -2.09. The van der Waals surface area contributed by atoms with Gasteiger partial charge in [0.15, 0.2) is 0 Å². The number of hydrogen-bond donors (Lipinski definition) is 1. The van der Waals surface area contributed by atoms with Crippen molar-refractivity contribution in [1.29, 1.82) is 0 Å². The molecule has 0 aliphatic carbocycles. The lowest BCUT2D eigenvalue weighted by Gasteiger charge is -2.09. The Bertz CT molecular complexity index is 705. The molecule has 2 nitrogen and oxygen atoms in total. The molecule has 0 heterocycles. The van der Waals surface area contributed by atoms with Crippen LogP contribution in [0.25, 0.3) is 0 Å². The van der Waals surface area contributed by atoms with E-state index < -0.39 is 11.6 Å². The summed E-state index contributed by atoms with van der Waals surface area (Å²) >= 11 is 5.69. The molecule has 21 heavy (non-hydrogen) atoms. The molecule has 0 bridgehead atoms. The first-order chi connectivity index (χ1) is 10.1. The predicted octanol–water partition coefficient (Wildman–Crippen LogP) is 3.54. The van der Waals surface area contributed by atoms with Crippen molar-refractivity contribution in [3.05, 3.63) is 64.2 Å². The van der Waals surface area contributed by atoms with Crippen LogP contribution in [0.3, 0.4) is 0 Å². The number of rotatable bonds is 3. The zero-order valence-electron chi connectivity index (χ0n) is 10.9. The highest BCUT2D eigenvalue weighted by molar-refractivity contribution is 6.30. The molecule has 0 aromatic heterocycles. The van der Waals surface area contributed by atoms with Crippen molar-refractivity contribution in [2.75, 3.05) is 6.61 Å². The third-order valence-corrected chi connectivity index (χ3v) is 2.95. The fourth-order valence-corrected chi connectivity index (χ4v) is 1.87. The lowest BCUT2D eigenvalue weighted by molar-refractivity contribution is 0.298. The van der Waals surface area contributed by atoms with Gasteiger partial charge in [0.1, 0.15) is 30.6 Å². The van der Waals surface area contributed by atoms with Gasteiger partial charge in [-0.05, 0) is 24.3 Å². The summed E-state index contributed by atoms with van der Waals surface area (Å²) < 4.78 is 32.4. The third-order valence-electron chi connectivity index (χ3n) is 2.66. The molecule has 0 amide bonds. The van der Waals surface area contributed by atoms with Gasteiger partial charge < -0.3 is 9.84 Å². The smallest absolute Gasteiger partial charge is 0.148 e. The van der Waals surface area contributed by atoms with Crippen LogP contribution in [0.4, 0.5) is 8.78 Å². The maximum Gasteiger partial charge on any atom is 0.148 e. The molecule has 0 aliphatic heterocycles. The summed E-state index contributed by atoms with van der Waals surface area (Å²) in [5.74, 6) is 4.27. The van der Waals surface area contributed by atoms with Crippen LogP contribution in [-0.2, 0) is 6.61 Å². The molecule has 2 rings (SSSR count). The molecule has 0 radical (unpaired) electrons. The maximum atomic E-state index is 13.7. The summed E-state index contributed by atoms with van der Waals surface area (Å²) in [5, 5.41) is 8.70. The zero-order valence-corrected chi connectivity index (χ0v) is 11.6. The van der Waals surface area contributed by atoms with Crippen molar-refractivity contribution in [1.82, 2.24) is 0 Å². The lowest BCUT2D eigenvalue weighted by Crippen LogP contribution is -2.00. The molecule has 2 aromatic carbocycles. The van der Waals surface area contributed by atoms with Crippen molar-refractivity contribution in [3.8, 4) is 17.6 Å². The van der Waals surface area contributed by atoms with Gasteiger partial charge in [0.2, 0.25) is 0 Å². The molecular formula is C16H11ClF2O2. The zero-order chi connectivity index (χ0) is 15.2. The van der Waals surface area contributed by atoms with Crippen LogP contribution >= 0.6 is 11.6 Å². The minimum Gasteiger partial charge on any atom is -0.487 e. The van der Waals surface area contributed by atoms with Crippen molar-refractivity contribution in [3.63, 3.8) is 0 Å². The van der Waals surface area contributed by atoms with E-state index in [-0.39, 0.29) is 29.4 Å². The van der Waals surface area contributed by atoms with Crippen LogP contribution in [0, 0.1) is 23.5 Å². The van der Waals surface area contributed by atoms with E-state index in [1.807, 2.05) is 0 Å². The molecular weight excluding hydrogens is 298 g/mol. The first kappa shape index (κ1) is 15.3. The van der Waals surface area contributed by atoms with Crippen molar-refractivity contribution < 1.29 is 18.6 Å². The Morgan fingerprint density at radius 1 is 1.19 bits per heavy atom. The van der Waals surface area contributed by atoms with Gasteiger partial charge in [0.25, 0.3) is 0 Å². The summed E-state index contributed by atoms with van der Waals surface area (Å²) in [4.78, 5) is 0. The van der Waals surface area contributed by atoms with Gasteiger partial charge in [-0.15, -0.1) is 0 Å². The minimum atomic E-state index is -0.552. The fraction of sp³-hybridized carbons (Fsp3) is 0.125. The standard InChI is InChI=1S/C16H11ClF2O2/c17-14-5-1-3-12(16(14)19)10-21-15-7-6-13(18)9-11(15)4-2-8-20/h1,3,5-7,9,20H,8,10H2. The average Bonchev–Trinajstić information content (AvgIpc) is 2.48. The summed E-state index contributed by atoms with van der Waals surface area (Å²) in [7, 11) is 0. The first-order valence-corrected chi connectivity index (χ1v) is 6.44. The molecule has 1 N–H and O–H groups in total. The lowest BCUT2D eigenvalue weighted by atomic mass is 10.2. The Morgan fingerprint density at radius 3 is 2.76 bits per heavy atom. The maximum absolute atomic E-state index is 13.7. The number of hydrogen-bond acceptors (Lipinski definition) is 2. The second-order valence-electron chi connectivity index (χ2n) is 4.10. The SMILES string of the molecule is OCC#Cc1cc(F)ccc1OCc1cccc(Cl)c1F. The molecule has 108 valence electrons. The number of aliphatic hydroxyl groups is 1. The van der Waals surface area contributed by atoms with E-state index in [9.17, 15) is 8.78 Å². The second-order valence-corrected chi connectivity index (χ2v) is 4.51. The van der Waals surface area contributed by atoms with Crippen LogP contribution in [0.15, 0.2) is 36.4 Å². The highest BCUT2D eigenvalue weighted by Crippen LogP contribution is 2.23. The van der Waals surface area contributed by atoms with Gasteiger partial charge in [0, 0.05) is 5.56 Å². The van der Waals surface area contributed by atoms with E-state index in [4.69, 9.17) is 21.4 Å². The molecule has 0 spiro atoms. The van der Waals surface area contributed by atoms with Crippen molar-refractivity contribution in [2.24, 2.45) is 0 Å². The molecule has 0 atom stereocenters. The van der Waals surface area contributed by atoms with E-state index in [2.05, 4.69) is 11.8 Å². The molecule has 0 unspecified atom stereocenters. The van der Waals surface area contributed by atoms with E-state index in [1.54, 1.807) is 12.1 Å². The quantitative estimate of drug-likeness (QED) is 0.879. The van der Waals surface area contributed by atoms with Crippen LogP contribution in [0.2, 0.25) is 5.02 Å². The van der Waals surface area contributed by atoms with Gasteiger partial charge >= 0.3 is 0 Å². The number of ether oxygens (including phenoxy) is 1. The van der Waals surface area contributed by atoms with E-state index in [0.29, 0.717) is 5.75 Å². The molecule has 0 saturated heterocycles. The van der Waals surface area contributed by atoms with Gasteiger partial charge in [-0.25, -0.2) is 8.78 Å². The van der Waals surface area contributed by atoms with Crippen molar-refractivity contribution >= 4 is 11.6 Å². The van der Waals surface area contributed by atoms with Gasteiger partial charge in [-0.2, -0.15) is 0 Å². The third kappa shape index (κ3) is 3.94. The summed E-state index contributed by atoms with van der Waals surface area (Å²) in [6.45, 7) is -0.412. The number of benzene rings is 2. The highest BCUT2D eigenvalue weighted by atomic mass is 35.5. The van der Waals surface area contributed by atoms with Crippen LogP contribution < -0.4 is 4.74 Å². The van der Waals surface area contributed by atoms with Gasteiger partial charge in [-0.3, -0.25) is 0 Å². The van der Waals surface area contributed by atoms with Crippen LogP contribution in [0.5, 0.6) is 5.75 Å². The van der Waals surface area contributed by atoms with Gasteiger partial charge in [-0.1, -0.05) is 35.6 Å². The molecule has 0 saturated carbocycles. The summed E-state index contributed by atoms with van der Waals surface area (Å²) in [6.07, 6.45) is 0. The topological polar surface area (TPSA) is 29.5 Å². The fourth-order valence-electron chi connectivity index (χ4n) is 1.68. The van der Waals surface area contributed by atoms with E-state index in [1.165, 1.54) is 24.3 Å². The summed E-state index contributed by atoms with van der Waals surface area (Å²) in [6, 6.07) is 8.40. The minimum absolute atomic E-state index is 0.00972. The summed E-state index contributed by atoms with van der Waals surface area (Å²) in [5.41, 5.74) is 0.569. The normalized spacial score (nSPS) is 9.90. The Morgan fingerprint density at radius 2 is 2.00 bits per heavy atom. The molecule has 2 aromatic rings. The van der Waals surface area contributed by atoms with Gasteiger partial charge in [0.05, 0.1) is 10.6 Å². The first-order valence-electron chi connectivity index (χ1n) is 6.07. The number of halogens is 3. The molecule has 0 fully saturated rings.